The highest BCUT2D eigenvalue weighted by Crippen LogP contribution is 2.22. The van der Waals surface area contributed by atoms with Gasteiger partial charge in [-0.3, -0.25) is 4.98 Å². The van der Waals surface area contributed by atoms with E-state index in [0.29, 0.717) is 5.69 Å². The molecule has 0 radical (unpaired) electrons. The van der Waals surface area contributed by atoms with Crippen LogP contribution in [0.1, 0.15) is 15.9 Å². The van der Waals surface area contributed by atoms with E-state index in [4.69, 9.17) is 5.11 Å². The number of nitrogens with zero attached hydrogens (tertiary/aromatic N) is 1. The third kappa shape index (κ3) is 2.42. The molecule has 0 amide bonds. The lowest BCUT2D eigenvalue weighted by atomic mass is 10.1. The van der Waals surface area contributed by atoms with Crippen LogP contribution in [0.5, 0.6) is 0 Å². The Bertz CT molecular complexity index is 553. The van der Waals surface area contributed by atoms with Gasteiger partial charge in [0.15, 0.2) is 0 Å². The number of carboxylic acids is 1. The third-order valence-electron chi connectivity index (χ3n) is 2.47. The lowest BCUT2D eigenvalue weighted by molar-refractivity contribution is 0.0698. The molecular weight excluding hydrogens is 216 g/mol. The summed E-state index contributed by atoms with van der Waals surface area (Å²) in [6.45, 7) is 1.96. The second-order valence-electron chi connectivity index (χ2n) is 3.67. The second kappa shape index (κ2) is 4.65. The summed E-state index contributed by atoms with van der Waals surface area (Å²) in [6.07, 6.45) is 2.97. The molecule has 1 aromatic heterocycles. The Morgan fingerprint density at radius 3 is 2.71 bits per heavy atom. The van der Waals surface area contributed by atoms with Crippen molar-refractivity contribution in [2.75, 3.05) is 5.32 Å². The van der Waals surface area contributed by atoms with E-state index in [-0.39, 0.29) is 5.56 Å². The summed E-state index contributed by atoms with van der Waals surface area (Å²) in [5.74, 6) is -0.969. The largest absolute Gasteiger partial charge is 0.478 e. The van der Waals surface area contributed by atoms with Gasteiger partial charge < -0.3 is 10.4 Å². The summed E-state index contributed by atoms with van der Waals surface area (Å²) in [4.78, 5) is 15.0. The number of pyridine rings is 1. The number of aromatic carboxylic acids is 1. The van der Waals surface area contributed by atoms with Crippen molar-refractivity contribution < 1.29 is 9.90 Å². The van der Waals surface area contributed by atoms with Crippen LogP contribution in [-0.2, 0) is 0 Å². The number of para-hydroxylation sites is 1. The monoisotopic (exact) mass is 228 g/mol. The SMILES string of the molecule is Cc1ccccc1Nc1cnccc1C(=O)O. The van der Waals surface area contributed by atoms with Crippen LogP contribution in [-0.4, -0.2) is 16.1 Å². The van der Waals surface area contributed by atoms with E-state index in [1.54, 1.807) is 0 Å². The smallest absolute Gasteiger partial charge is 0.337 e. The molecule has 0 saturated heterocycles. The van der Waals surface area contributed by atoms with E-state index >= 15 is 0 Å². The number of hydrogen-bond donors (Lipinski definition) is 2. The van der Waals surface area contributed by atoms with Crippen LogP contribution in [0.2, 0.25) is 0 Å². The molecule has 2 aromatic rings. The molecule has 4 nitrogen and oxygen atoms in total. The van der Waals surface area contributed by atoms with Crippen molar-refractivity contribution in [1.29, 1.82) is 0 Å². The lowest BCUT2D eigenvalue weighted by Gasteiger charge is -2.10. The summed E-state index contributed by atoms with van der Waals surface area (Å²) in [5, 5.41) is 12.1. The zero-order valence-electron chi connectivity index (χ0n) is 9.34. The Morgan fingerprint density at radius 1 is 1.24 bits per heavy atom. The van der Waals surface area contributed by atoms with E-state index in [0.717, 1.165) is 11.3 Å². The maximum absolute atomic E-state index is 11.0. The number of hydrogen-bond acceptors (Lipinski definition) is 3. The van der Waals surface area contributed by atoms with Crippen LogP contribution in [0, 0.1) is 6.92 Å². The first-order valence-electron chi connectivity index (χ1n) is 5.18. The highest BCUT2D eigenvalue weighted by atomic mass is 16.4. The first-order chi connectivity index (χ1) is 8.18. The van der Waals surface area contributed by atoms with E-state index in [1.807, 2.05) is 31.2 Å². The average molecular weight is 228 g/mol. The molecule has 0 unspecified atom stereocenters. The summed E-state index contributed by atoms with van der Waals surface area (Å²) in [5.41, 5.74) is 2.63. The molecule has 0 fully saturated rings. The van der Waals surface area contributed by atoms with Gasteiger partial charge in [-0.05, 0) is 24.6 Å². The van der Waals surface area contributed by atoms with Gasteiger partial charge in [-0.25, -0.2) is 4.79 Å². The van der Waals surface area contributed by atoms with Gasteiger partial charge in [-0.1, -0.05) is 18.2 Å². The highest BCUT2D eigenvalue weighted by Gasteiger charge is 2.10. The number of nitrogens with one attached hydrogen (secondary N) is 1. The minimum Gasteiger partial charge on any atom is -0.478 e. The van der Waals surface area contributed by atoms with Gasteiger partial charge in [0.2, 0.25) is 0 Å². The normalized spacial score (nSPS) is 9.94. The third-order valence-corrected chi connectivity index (χ3v) is 2.47. The van der Waals surface area contributed by atoms with Crippen LogP contribution in [0.25, 0.3) is 0 Å². The summed E-state index contributed by atoms with van der Waals surface area (Å²) < 4.78 is 0. The quantitative estimate of drug-likeness (QED) is 0.847. The molecular formula is C13H12N2O2. The lowest BCUT2D eigenvalue weighted by Crippen LogP contribution is -2.03. The molecule has 1 heterocycles. The van der Waals surface area contributed by atoms with Crippen molar-refractivity contribution in [3.05, 3.63) is 53.9 Å². The predicted molar refractivity (Wildman–Crippen MR) is 65.7 cm³/mol. The number of carbonyl (C=O) groups is 1. The Morgan fingerprint density at radius 2 is 2.00 bits per heavy atom. The highest BCUT2D eigenvalue weighted by molar-refractivity contribution is 5.94. The van der Waals surface area contributed by atoms with Crippen molar-refractivity contribution in [2.45, 2.75) is 6.92 Å². The summed E-state index contributed by atoms with van der Waals surface area (Å²) in [6, 6.07) is 9.16. The van der Waals surface area contributed by atoms with Crippen molar-refractivity contribution in [1.82, 2.24) is 4.98 Å². The molecule has 0 atom stereocenters. The zero-order chi connectivity index (χ0) is 12.3. The molecule has 17 heavy (non-hydrogen) atoms. The number of aromatic nitrogens is 1. The Labute approximate surface area is 98.9 Å². The van der Waals surface area contributed by atoms with E-state index in [2.05, 4.69) is 10.3 Å². The fraction of sp³-hybridized carbons (Fsp3) is 0.0769. The number of anilines is 2. The molecule has 0 aliphatic carbocycles. The minimum atomic E-state index is -0.969. The van der Waals surface area contributed by atoms with Crippen LogP contribution < -0.4 is 5.32 Å². The molecule has 0 saturated carbocycles. The topological polar surface area (TPSA) is 62.2 Å². The average Bonchev–Trinajstić information content (AvgIpc) is 2.32. The van der Waals surface area contributed by atoms with Crippen LogP contribution in [0.4, 0.5) is 11.4 Å². The van der Waals surface area contributed by atoms with Gasteiger partial charge in [-0.2, -0.15) is 0 Å². The second-order valence-corrected chi connectivity index (χ2v) is 3.67. The zero-order valence-corrected chi connectivity index (χ0v) is 9.34. The first kappa shape index (κ1) is 11.1. The molecule has 1 aromatic carbocycles. The van der Waals surface area contributed by atoms with Gasteiger partial charge >= 0.3 is 5.97 Å². The molecule has 0 bridgehead atoms. The molecule has 2 rings (SSSR count). The minimum absolute atomic E-state index is 0.211. The Balaban J connectivity index is 2.37. The Kier molecular flexibility index (Phi) is 3.05. The maximum atomic E-state index is 11.0. The van der Waals surface area contributed by atoms with Gasteiger partial charge in [0.05, 0.1) is 17.4 Å². The molecule has 0 spiro atoms. The Hall–Kier alpha value is -2.36. The van der Waals surface area contributed by atoms with E-state index < -0.39 is 5.97 Å². The van der Waals surface area contributed by atoms with Gasteiger partial charge in [0, 0.05) is 11.9 Å². The van der Waals surface area contributed by atoms with E-state index in [1.165, 1.54) is 18.5 Å². The maximum Gasteiger partial charge on any atom is 0.337 e. The summed E-state index contributed by atoms with van der Waals surface area (Å²) in [7, 11) is 0. The number of carboxylic acid groups (broad SMARTS) is 1. The van der Waals surface area contributed by atoms with Gasteiger partial charge in [0.1, 0.15) is 0 Å². The molecule has 2 N–H and O–H groups in total. The van der Waals surface area contributed by atoms with Gasteiger partial charge in [0.25, 0.3) is 0 Å². The van der Waals surface area contributed by atoms with Crippen LogP contribution >= 0.6 is 0 Å². The number of benzene rings is 1. The van der Waals surface area contributed by atoms with Crippen molar-refractivity contribution >= 4 is 17.3 Å². The predicted octanol–water partition coefficient (Wildman–Crippen LogP) is 2.83. The van der Waals surface area contributed by atoms with Crippen LogP contribution in [0.15, 0.2) is 42.7 Å². The van der Waals surface area contributed by atoms with Gasteiger partial charge in [-0.15, -0.1) is 0 Å². The fourth-order valence-corrected chi connectivity index (χ4v) is 1.54. The van der Waals surface area contributed by atoms with E-state index in [9.17, 15) is 4.79 Å². The first-order valence-corrected chi connectivity index (χ1v) is 5.18. The van der Waals surface area contributed by atoms with Crippen molar-refractivity contribution in [3.8, 4) is 0 Å². The molecule has 4 heteroatoms. The summed E-state index contributed by atoms with van der Waals surface area (Å²) >= 11 is 0. The number of rotatable bonds is 3. The molecule has 0 aliphatic rings. The molecule has 86 valence electrons. The van der Waals surface area contributed by atoms with Crippen LogP contribution in [0.3, 0.4) is 0 Å². The van der Waals surface area contributed by atoms with Crippen molar-refractivity contribution in [3.63, 3.8) is 0 Å². The van der Waals surface area contributed by atoms with Crippen molar-refractivity contribution in [2.24, 2.45) is 0 Å². The fourth-order valence-electron chi connectivity index (χ4n) is 1.54. The molecule has 0 aliphatic heterocycles. The number of aryl methyl sites for hydroxylation is 1. The standard InChI is InChI=1S/C13H12N2O2/c1-9-4-2-3-5-11(9)15-12-8-14-7-6-10(12)13(16)17/h2-8,15H,1H3,(H,16,17).